The molecular weight excluding hydrogens is 437 g/mol. The molecule has 1 aromatic heterocycles. The first-order chi connectivity index (χ1) is 15.3. The molecular formula is C23H29F3N4O3. The average molecular weight is 467 g/mol. The van der Waals surface area contributed by atoms with Crippen molar-refractivity contribution in [3.8, 4) is 5.69 Å². The third kappa shape index (κ3) is 5.55. The van der Waals surface area contributed by atoms with Gasteiger partial charge in [-0.05, 0) is 42.9 Å². The lowest BCUT2D eigenvalue weighted by Crippen LogP contribution is -2.29. The number of Topliss-reactive ketones (excluding diaryl/α,β-unsaturated/α-hetero) is 1. The lowest BCUT2D eigenvalue weighted by Gasteiger charge is -2.29. The number of amides is 1. The van der Waals surface area contributed by atoms with E-state index in [4.69, 9.17) is 16.6 Å². The number of nitrogens with zero attached hydrogens (tertiary/aromatic N) is 2. The Balaban J connectivity index is 0.000000374. The van der Waals surface area contributed by atoms with E-state index in [0.717, 1.165) is 17.5 Å². The molecule has 10 heteroatoms. The maximum atomic E-state index is 13.4. The lowest BCUT2D eigenvalue weighted by atomic mass is 9.75. The third-order valence-electron chi connectivity index (χ3n) is 5.93. The molecule has 1 fully saturated rings. The second-order valence-corrected chi connectivity index (χ2v) is 9.45. The number of nitrogens with two attached hydrogens (primary N) is 2. The Bertz CT molecular complexity index is 1050. The molecule has 1 amide bonds. The second kappa shape index (κ2) is 9.17. The number of aliphatic hydroxyl groups is 1. The van der Waals surface area contributed by atoms with Crippen LogP contribution in [0.25, 0.3) is 5.69 Å². The summed E-state index contributed by atoms with van der Waals surface area (Å²) in [5.41, 5.74) is 9.37. The molecule has 1 aromatic carbocycles. The number of carbonyl (C=O) groups is 2. The molecule has 7 nitrogen and oxygen atoms in total. The number of nitrogen functional groups attached to an aromatic ring is 1. The molecule has 0 unspecified atom stereocenters. The number of alkyl halides is 3. The maximum Gasteiger partial charge on any atom is 0.435 e. The van der Waals surface area contributed by atoms with Crippen LogP contribution in [0.2, 0.25) is 0 Å². The fourth-order valence-electron chi connectivity index (χ4n) is 4.35. The summed E-state index contributed by atoms with van der Waals surface area (Å²) in [6.45, 7) is 3.62. The smallest absolute Gasteiger partial charge is 0.398 e. The van der Waals surface area contributed by atoms with Crippen LogP contribution in [0.4, 0.5) is 18.9 Å². The van der Waals surface area contributed by atoms with Gasteiger partial charge in [0.1, 0.15) is 0 Å². The molecule has 0 saturated heterocycles. The Labute approximate surface area is 189 Å². The van der Waals surface area contributed by atoms with Crippen LogP contribution >= 0.6 is 0 Å². The zero-order chi connectivity index (χ0) is 24.6. The van der Waals surface area contributed by atoms with Crippen molar-refractivity contribution in [1.29, 1.82) is 0 Å². The Kier molecular flexibility index (Phi) is 6.88. The van der Waals surface area contributed by atoms with Crippen molar-refractivity contribution in [2.45, 2.75) is 71.1 Å². The molecule has 2 aliphatic carbocycles. The van der Waals surface area contributed by atoms with E-state index in [-0.39, 0.29) is 41.6 Å². The highest BCUT2D eigenvalue weighted by Gasteiger charge is 2.45. The van der Waals surface area contributed by atoms with Crippen LogP contribution in [-0.4, -0.2) is 32.7 Å². The number of anilines is 1. The van der Waals surface area contributed by atoms with E-state index >= 15 is 0 Å². The topological polar surface area (TPSA) is 124 Å². The van der Waals surface area contributed by atoms with Crippen LogP contribution in [0.5, 0.6) is 0 Å². The van der Waals surface area contributed by atoms with Gasteiger partial charge in [0.05, 0.1) is 28.6 Å². The molecule has 1 saturated carbocycles. The first-order valence-electron chi connectivity index (χ1n) is 10.9. The third-order valence-corrected chi connectivity index (χ3v) is 5.93. The Morgan fingerprint density at radius 3 is 2.30 bits per heavy atom. The molecule has 5 N–H and O–H groups in total. The quantitative estimate of drug-likeness (QED) is 0.576. The van der Waals surface area contributed by atoms with Crippen LogP contribution in [0, 0.1) is 5.41 Å². The van der Waals surface area contributed by atoms with Gasteiger partial charge in [0, 0.05) is 12.1 Å². The van der Waals surface area contributed by atoms with Gasteiger partial charge in [-0.1, -0.05) is 33.1 Å². The summed E-state index contributed by atoms with van der Waals surface area (Å²) < 4.78 is 41.3. The van der Waals surface area contributed by atoms with E-state index in [2.05, 4.69) is 5.10 Å². The monoisotopic (exact) mass is 466 g/mol. The van der Waals surface area contributed by atoms with Crippen molar-refractivity contribution in [1.82, 2.24) is 9.78 Å². The first-order valence-corrected chi connectivity index (χ1v) is 10.9. The van der Waals surface area contributed by atoms with Gasteiger partial charge in [-0.15, -0.1) is 0 Å². The lowest BCUT2D eigenvalue weighted by molar-refractivity contribution is -0.141. The normalized spacial score (nSPS) is 18.3. The number of rotatable bonds is 2. The number of primary amides is 1. The average Bonchev–Trinajstić information content (AvgIpc) is 3.07. The van der Waals surface area contributed by atoms with E-state index in [0.29, 0.717) is 0 Å². The van der Waals surface area contributed by atoms with Crippen LogP contribution in [-0.2, 0) is 12.6 Å². The SMILES string of the molecule is CC1(C)CC(=O)c2c(C(F)(F)F)nn(-c3ccc(C(N)=O)c(N)c3)c2C1.OC1CCCCC1. The van der Waals surface area contributed by atoms with Gasteiger partial charge in [0.15, 0.2) is 11.5 Å². The van der Waals surface area contributed by atoms with Gasteiger partial charge in [-0.2, -0.15) is 18.3 Å². The predicted molar refractivity (Wildman–Crippen MR) is 117 cm³/mol. The number of aromatic nitrogens is 2. The number of benzene rings is 1. The minimum absolute atomic E-state index is 0.0114. The summed E-state index contributed by atoms with van der Waals surface area (Å²) in [5.74, 6) is -1.33. The molecule has 180 valence electrons. The number of ketones is 1. The van der Waals surface area contributed by atoms with E-state index in [1.165, 1.54) is 37.5 Å². The van der Waals surface area contributed by atoms with Crippen LogP contribution < -0.4 is 11.5 Å². The number of hydrogen-bond donors (Lipinski definition) is 3. The summed E-state index contributed by atoms with van der Waals surface area (Å²) in [7, 11) is 0. The van der Waals surface area contributed by atoms with E-state index in [1.807, 2.05) is 13.8 Å². The van der Waals surface area contributed by atoms with Crippen molar-refractivity contribution in [3.63, 3.8) is 0 Å². The second-order valence-electron chi connectivity index (χ2n) is 9.45. The Morgan fingerprint density at radius 1 is 1.18 bits per heavy atom. The molecule has 0 aliphatic heterocycles. The zero-order valence-electron chi connectivity index (χ0n) is 18.7. The van der Waals surface area contributed by atoms with E-state index < -0.39 is 34.5 Å². The Hall–Kier alpha value is -2.88. The van der Waals surface area contributed by atoms with Crippen molar-refractivity contribution in [3.05, 3.63) is 40.7 Å². The van der Waals surface area contributed by atoms with Crippen molar-refractivity contribution in [2.75, 3.05) is 5.73 Å². The van der Waals surface area contributed by atoms with Crippen molar-refractivity contribution >= 4 is 17.4 Å². The molecule has 0 spiro atoms. The number of aliphatic hydroxyl groups excluding tert-OH is 1. The van der Waals surface area contributed by atoms with Gasteiger partial charge in [-0.25, -0.2) is 4.68 Å². The summed E-state index contributed by atoms with van der Waals surface area (Å²) in [4.78, 5) is 23.7. The minimum Gasteiger partial charge on any atom is -0.398 e. The number of carbonyl (C=O) groups excluding carboxylic acids is 2. The fourth-order valence-corrected chi connectivity index (χ4v) is 4.35. The molecule has 2 aromatic rings. The van der Waals surface area contributed by atoms with Crippen LogP contribution in [0.3, 0.4) is 0 Å². The molecule has 33 heavy (non-hydrogen) atoms. The summed E-state index contributed by atoms with van der Waals surface area (Å²) in [6.07, 6.45) is 1.42. The molecule has 1 heterocycles. The highest BCUT2D eigenvalue weighted by Crippen LogP contribution is 2.41. The first kappa shape index (κ1) is 24.8. The van der Waals surface area contributed by atoms with E-state index in [9.17, 15) is 22.8 Å². The summed E-state index contributed by atoms with van der Waals surface area (Å²) in [6, 6.07) is 4.04. The zero-order valence-corrected chi connectivity index (χ0v) is 18.7. The fraction of sp³-hybridized carbons (Fsp3) is 0.522. The van der Waals surface area contributed by atoms with Gasteiger partial charge in [-0.3, -0.25) is 9.59 Å². The summed E-state index contributed by atoms with van der Waals surface area (Å²) in [5, 5.41) is 12.6. The van der Waals surface area contributed by atoms with Crippen molar-refractivity contribution < 1.29 is 27.9 Å². The molecule has 4 rings (SSSR count). The van der Waals surface area contributed by atoms with Gasteiger partial charge >= 0.3 is 6.18 Å². The molecule has 0 bridgehead atoms. The van der Waals surface area contributed by atoms with Crippen LogP contribution in [0.1, 0.15) is 84.5 Å². The largest absolute Gasteiger partial charge is 0.435 e. The van der Waals surface area contributed by atoms with Gasteiger partial charge < -0.3 is 16.6 Å². The number of halogens is 3. The highest BCUT2D eigenvalue weighted by atomic mass is 19.4. The van der Waals surface area contributed by atoms with Gasteiger partial charge in [0.2, 0.25) is 0 Å². The predicted octanol–water partition coefficient (Wildman–Crippen LogP) is 4.04. The van der Waals surface area contributed by atoms with Crippen molar-refractivity contribution in [2.24, 2.45) is 11.1 Å². The summed E-state index contributed by atoms with van der Waals surface area (Å²) >= 11 is 0. The van der Waals surface area contributed by atoms with Gasteiger partial charge in [0.25, 0.3) is 5.91 Å². The number of fused-ring (bicyclic) bond motifs is 1. The van der Waals surface area contributed by atoms with Crippen LogP contribution in [0.15, 0.2) is 18.2 Å². The maximum absolute atomic E-state index is 13.4. The minimum atomic E-state index is -4.76. The standard InChI is InChI=1S/C17H17F3N4O2.C6H12O/c1-16(2)6-11-13(12(25)7-16)14(17(18,19)20)23-24(11)8-3-4-9(15(22)26)10(21)5-8;7-6-4-2-1-3-5-6/h3-5H,6-7,21H2,1-2H3,(H2,22,26);6-7H,1-5H2. The molecule has 0 atom stereocenters. The highest BCUT2D eigenvalue weighted by molar-refractivity contribution is 6.00. The number of hydrogen-bond acceptors (Lipinski definition) is 5. The molecule has 0 radical (unpaired) electrons. The molecule has 2 aliphatic rings. The Morgan fingerprint density at radius 2 is 1.82 bits per heavy atom. The van der Waals surface area contributed by atoms with E-state index in [1.54, 1.807) is 0 Å².